The minimum atomic E-state index is -3.78. The second kappa shape index (κ2) is 6.42. The molecule has 0 bridgehead atoms. The van der Waals surface area contributed by atoms with Crippen LogP contribution in [0.3, 0.4) is 0 Å². The minimum absolute atomic E-state index is 0.228. The summed E-state index contributed by atoms with van der Waals surface area (Å²) in [5.74, 6) is 0. The van der Waals surface area contributed by atoms with Gasteiger partial charge in [-0.2, -0.15) is 0 Å². The molecule has 8 heteroatoms. The summed E-state index contributed by atoms with van der Waals surface area (Å²) in [5, 5.41) is 0.708. The van der Waals surface area contributed by atoms with Crippen molar-refractivity contribution in [2.24, 2.45) is 0 Å². The number of hydrogen-bond acceptors (Lipinski definition) is 5. The summed E-state index contributed by atoms with van der Waals surface area (Å²) >= 11 is 0. The quantitative estimate of drug-likeness (QED) is 0.605. The third-order valence-corrected chi connectivity index (χ3v) is 7.74. The van der Waals surface area contributed by atoms with Crippen molar-refractivity contribution in [3.63, 3.8) is 0 Å². The second-order valence-corrected chi connectivity index (χ2v) is 10.4. The lowest BCUT2D eigenvalue weighted by atomic mass is 9.78. The van der Waals surface area contributed by atoms with Crippen molar-refractivity contribution in [2.45, 2.75) is 57.6 Å². The standard InChI is InChI=1S/C21H25BN2O4S.2H2/c1-14-7-9-16(10-8-14)29(25,26)24-15(2)13-17-18(11-12-23-19(17)24)22-27-20(3,4)21(5,6)28-22;;/h7-13H,1-6H3;2*1H/i;2*1+1D. The van der Waals surface area contributed by atoms with E-state index in [0.717, 1.165) is 11.0 Å². The van der Waals surface area contributed by atoms with Gasteiger partial charge in [0.2, 0.25) is 0 Å². The summed E-state index contributed by atoms with van der Waals surface area (Å²) in [4.78, 5) is 4.62. The Morgan fingerprint density at radius 1 is 1.03 bits per heavy atom. The summed E-state index contributed by atoms with van der Waals surface area (Å²) < 4.78 is 60.3. The minimum Gasteiger partial charge on any atom is -0.399 e. The van der Waals surface area contributed by atoms with Crippen LogP contribution in [0.5, 0.6) is 0 Å². The summed E-state index contributed by atoms with van der Waals surface area (Å²) in [6, 6.07) is 10.5. The molecular formula is C21H29BN2O4S. The molecular weight excluding hydrogens is 387 g/mol. The molecule has 0 N–H and O–H groups in total. The first-order valence-electron chi connectivity index (χ1n) is 11.6. The molecule has 6 nitrogen and oxygen atoms in total. The Balaban J connectivity index is 0.000000914. The summed E-state index contributed by atoms with van der Waals surface area (Å²) in [5.41, 5.74) is 1.75. The fourth-order valence-electron chi connectivity index (χ4n) is 3.52. The summed E-state index contributed by atoms with van der Waals surface area (Å²) in [6.45, 7) is 11.6. The lowest BCUT2D eigenvalue weighted by Gasteiger charge is -2.32. The largest absolute Gasteiger partial charge is 0.495 e. The van der Waals surface area contributed by atoms with E-state index < -0.39 is 28.3 Å². The van der Waals surface area contributed by atoms with Crippen LogP contribution in [0.25, 0.3) is 11.0 Å². The van der Waals surface area contributed by atoms with Crippen LogP contribution in [0.1, 0.15) is 44.9 Å². The number of pyridine rings is 1. The third kappa shape index (κ3) is 3.10. The molecule has 156 valence electrons. The van der Waals surface area contributed by atoms with Gasteiger partial charge >= 0.3 is 7.12 Å². The molecule has 0 spiro atoms. The van der Waals surface area contributed by atoms with E-state index in [-0.39, 0.29) is 4.90 Å². The number of benzene rings is 1. The van der Waals surface area contributed by atoms with Crippen molar-refractivity contribution in [2.75, 3.05) is 0 Å². The molecule has 0 amide bonds. The third-order valence-electron chi connectivity index (χ3n) is 5.94. The van der Waals surface area contributed by atoms with Gasteiger partial charge in [0.05, 0.1) is 16.1 Å². The molecule has 2 aromatic heterocycles. The molecule has 0 radical (unpaired) electrons. The Morgan fingerprint density at radius 3 is 2.21 bits per heavy atom. The molecule has 1 saturated heterocycles. The van der Waals surface area contributed by atoms with Gasteiger partial charge in [-0.05, 0) is 71.3 Å². The Labute approximate surface area is 178 Å². The van der Waals surface area contributed by atoms with E-state index in [0.29, 0.717) is 16.7 Å². The fourth-order valence-corrected chi connectivity index (χ4v) is 5.01. The van der Waals surface area contributed by atoms with Crippen molar-refractivity contribution in [1.29, 1.82) is 0 Å². The highest BCUT2D eigenvalue weighted by atomic mass is 32.2. The summed E-state index contributed by atoms with van der Waals surface area (Å²) in [7, 11) is -4.38. The van der Waals surface area contributed by atoms with Crippen LogP contribution in [0.2, 0.25) is 0 Å². The van der Waals surface area contributed by atoms with Crippen LogP contribution in [-0.2, 0) is 19.3 Å². The molecule has 0 saturated carbocycles. The Kier molecular flexibility index (Phi) is 3.92. The zero-order chi connectivity index (χ0) is 25.2. The average Bonchev–Trinajstić information content (AvgIpc) is 3.22. The molecule has 0 atom stereocenters. The molecule has 1 aromatic carbocycles. The smallest absolute Gasteiger partial charge is 0.399 e. The van der Waals surface area contributed by atoms with Gasteiger partial charge in [-0.3, -0.25) is 0 Å². The van der Waals surface area contributed by atoms with Crippen LogP contribution in [0.4, 0.5) is 0 Å². The van der Waals surface area contributed by atoms with E-state index in [4.69, 9.17) is 15.2 Å². The van der Waals surface area contributed by atoms with Gasteiger partial charge in [0.1, 0.15) is 0 Å². The molecule has 0 unspecified atom stereocenters. The SMILES string of the molecule is Cc1ccc(S(=O)(=O)n2c(C)cc3c(B4OC(C)(C)C(C)(C)O4)ccnc32)cc1.[2H][2H].[2H][2H]. The van der Waals surface area contributed by atoms with Crippen molar-refractivity contribution in [3.8, 4) is 0 Å². The van der Waals surface area contributed by atoms with Crippen LogP contribution in [-0.4, -0.2) is 35.7 Å². The van der Waals surface area contributed by atoms with Gasteiger partial charge in [-0.25, -0.2) is 17.4 Å². The molecule has 0 aliphatic carbocycles. The van der Waals surface area contributed by atoms with Crippen molar-refractivity contribution in [3.05, 3.63) is 53.9 Å². The Hall–Kier alpha value is -2.16. The van der Waals surface area contributed by atoms with E-state index in [1.807, 2.05) is 46.8 Å². The fraction of sp³-hybridized carbons (Fsp3) is 0.381. The summed E-state index contributed by atoms with van der Waals surface area (Å²) in [6.07, 6.45) is 1.60. The molecule has 1 aliphatic heterocycles. The lowest BCUT2D eigenvalue weighted by Crippen LogP contribution is -2.41. The van der Waals surface area contributed by atoms with Crippen LogP contribution in [0.15, 0.2) is 47.5 Å². The zero-order valence-corrected chi connectivity index (χ0v) is 18.4. The normalized spacial score (nSPS) is 19.0. The molecule has 1 aliphatic rings. The Bertz CT molecular complexity index is 1200. The number of rotatable bonds is 3. The van der Waals surface area contributed by atoms with E-state index in [9.17, 15) is 8.42 Å². The van der Waals surface area contributed by atoms with Gasteiger partial charge in [-0.1, -0.05) is 17.7 Å². The maximum absolute atomic E-state index is 13.3. The Morgan fingerprint density at radius 2 is 1.62 bits per heavy atom. The van der Waals surface area contributed by atoms with Gasteiger partial charge in [0.25, 0.3) is 10.0 Å². The highest BCUT2D eigenvalue weighted by Gasteiger charge is 2.52. The monoisotopic (exact) mass is 420 g/mol. The van der Waals surface area contributed by atoms with Gasteiger partial charge in [0, 0.05) is 23.2 Å². The van der Waals surface area contributed by atoms with Crippen LogP contribution < -0.4 is 5.46 Å². The van der Waals surface area contributed by atoms with Crippen molar-refractivity contribution >= 4 is 33.6 Å². The number of aromatic nitrogens is 2. The number of aryl methyl sites for hydroxylation is 2. The van der Waals surface area contributed by atoms with E-state index in [1.54, 1.807) is 37.4 Å². The maximum Gasteiger partial charge on any atom is 0.495 e. The van der Waals surface area contributed by atoms with Gasteiger partial charge in [0.15, 0.2) is 5.65 Å². The van der Waals surface area contributed by atoms with Crippen LogP contribution >= 0.6 is 0 Å². The van der Waals surface area contributed by atoms with E-state index in [1.165, 1.54) is 3.97 Å². The maximum atomic E-state index is 13.3. The zero-order valence-electron chi connectivity index (χ0n) is 21.6. The molecule has 4 rings (SSSR count). The van der Waals surface area contributed by atoms with Crippen molar-refractivity contribution < 1.29 is 23.7 Å². The molecule has 29 heavy (non-hydrogen) atoms. The topological polar surface area (TPSA) is 70.4 Å². The van der Waals surface area contributed by atoms with Crippen LogP contribution in [0, 0.1) is 13.8 Å². The van der Waals surface area contributed by atoms with Crippen molar-refractivity contribution in [1.82, 2.24) is 8.96 Å². The first-order valence-corrected chi connectivity index (χ1v) is 11.0. The second-order valence-electron chi connectivity index (χ2n) is 8.59. The van der Waals surface area contributed by atoms with Gasteiger partial charge in [-0.15, -0.1) is 0 Å². The number of nitrogens with zero attached hydrogens (tertiary/aromatic N) is 2. The molecule has 1 fully saturated rings. The first kappa shape index (κ1) is 17.7. The lowest BCUT2D eigenvalue weighted by molar-refractivity contribution is 0.00578. The van der Waals surface area contributed by atoms with Gasteiger partial charge < -0.3 is 9.31 Å². The van der Waals surface area contributed by atoms with E-state index >= 15 is 0 Å². The number of fused-ring (bicyclic) bond motifs is 1. The number of hydrogen-bond donors (Lipinski definition) is 0. The first-order chi connectivity index (χ1) is 15.4. The predicted molar refractivity (Wildman–Crippen MR) is 118 cm³/mol. The highest BCUT2D eigenvalue weighted by molar-refractivity contribution is 7.90. The average molecular weight is 420 g/mol. The highest BCUT2D eigenvalue weighted by Crippen LogP contribution is 2.37. The molecule has 3 aromatic rings. The van der Waals surface area contributed by atoms with E-state index in [2.05, 4.69) is 4.98 Å². The predicted octanol–water partition coefficient (Wildman–Crippen LogP) is 3.68. The molecule has 3 heterocycles.